The summed E-state index contributed by atoms with van der Waals surface area (Å²) in [6, 6.07) is 156. The molecule has 0 bridgehead atoms. The van der Waals surface area contributed by atoms with Crippen LogP contribution in [-0.4, -0.2) is 39.2 Å². The van der Waals surface area contributed by atoms with E-state index in [-0.39, 0.29) is 5.41 Å². The molecule has 0 saturated heterocycles. The fourth-order valence-corrected chi connectivity index (χ4v) is 20.2. The molecule has 6 aromatic heterocycles. The highest BCUT2D eigenvalue weighted by Crippen LogP contribution is 2.63. The Morgan fingerprint density at radius 3 is 0.889 bits per heavy atom. The summed E-state index contributed by atoms with van der Waals surface area (Å²) in [5, 5.41) is 15.5. The van der Waals surface area contributed by atoms with Crippen molar-refractivity contribution in [3.8, 4) is 168 Å². The minimum atomic E-state index is -0.449. The summed E-state index contributed by atoms with van der Waals surface area (Å²) >= 11 is 0. The van der Waals surface area contributed by atoms with Crippen molar-refractivity contribution < 1.29 is 0 Å². The van der Waals surface area contributed by atoms with E-state index >= 15 is 0 Å². The SMILES string of the molecule is CC1(C)c2ccccc2-c2ccc(-c3cc(-c4ccccc4)nc(-c4ccc(-c5cc6ccccc6c6c(-c7ccccc7)c(-c7ccccc7)nn56)cc4)n3)cc21.c1ccc(-c2cc(-c3ccc4c(c3)C3(c5ccccc5-c5ccccc53)c3ccccc3-4)nc(-c3ccc(-c4cc5ccccc5c5c(-c6ccccc6)c(-c6ccccc6)nn45)cc3)n2)cc1. The molecule has 25 rings (SSSR count). The van der Waals surface area contributed by atoms with Gasteiger partial charge in [-0.05, 0) is 125 Å². The zero-order valence-corrected chi connectivity index (χ0v) is 69.1. The minimum absolute atomic E-state index is 0.109. The average molecular weight is 1610 g/mol. The van der Waals surface area contributed by atoms with Gasteiger partial charge in [0.05, 0.1) is 50.6 Å². The van der Waals surface area contributed by atoms with Crippen LogP contribution in [0.3, 0.4) is 0 Å². The first-order chi connectivity index (χ1) is 62.2. The van der Waals surface area contributed by atoms with Crippen LogP contribution in [-0.2, 0) is 10.8 Å². The van der Waals surface area contributed by atoms with Crippen LogP contribution in [0.4, 0.5) is 0 Å². The van der Waals surface area contributed by atoms with Crippen LogP contribution in [0.2, 0.25) is 0 Å². The molecule has 0 aliphatic heterocycles. The van der Waals surface area contributed by atoms with E-state index in [1.54, 1.807) is 0 Å². The Bertz CT molecular complexity index is 8000. The number of benzene rings is 16. The molecule has 22 aromatic rings. The van der Waals surface area contributed by atoms with Crippen molar-refractivity contribution in [2.75, 3.05) is 0 Å². The maximum absolute atomic E-state index is 5.44. The van der Waals surface area contributed by atoms with Gasteiger partial charge in [0.2, 0.25) is 0 Å². The van der Waals surface area contributed by atoms with Gasteiger partial charge in [0, 0.05) is 82.9 Å². The summed E-state index contributed by atoms with van der Waals surface area (Å²) in [6.07, 6.45) is 0. The summed E-state index contributed by atoms with van der Waals surface area (Å²) in [5.74, 6) is 1.36. The maximum atomic E-state index is 5.44. The number of fused-ring (bicyclic) bond motifs is 19. The maximum Gasteiger partial charge on any atom is 0.160 e. The highest BCUT2D eigenvalue weighted by atomic mass is 15.2. The van der Waals surface area contributed by atoms with Crippen LogP contribution in [0, 0.1) is 0 Å². The van der Waals surface area contributed by atoms with Crippen molar-refractivity contribution in [3.05, 3.63) is 470 Å². The van der Waals surface area contributed by atoms with Gasteiger partial charge >= 0.3 is 0 Å². The van der Waals surface area contributed by atoms with Crippen LogP contribution in [0.1, 0.15) is 47.2 Å². The molecule has 8 nitrogen and oxygen atoms in total. The second kappa shape index (κ2) is 29.7. The lowest BCUT2D eigenvalue weighted by Crippen LogP contribution is -2.25. The standard InChI is InChI=1S/C64H40N4.C54H38N4/c1-4-18-41(19-5-1)57-40-58(47-36-37-52-51-28-14-17-31-55(51)64(56(52)38-47)53-29-15-12-26-49(53)50-27-13-16-30-54(50)64)66-63(65-57)45-34-32-42(33-35-45)59-39-46-24-10-11-25-48(46)62-60(43-20-6-2-7-21-43)61(67-68(59)62)44-22-8-3-9-23-44;1-54(2)45-25-15-14-24-43(45)44-31-30-41(32-46(44)54)48-34-47(35-16-6-3-7-17-35)55-53(56-48)39-28-26-36(27-29-39)49-33-40-22-12-13-23-42(40)52-50(37-18-8-4-9-19-37)51(57-58(49)52)38-20-10-5-11-21-38/h1-40H;3-34H,1-2H3. The number of rotatable bonds is 12. The molecule has 0 unspecified atom stereocenters. The predicted octanol–water partition coefficient (Wildman–Crippen LogP) is 29.2. The van der Waals surface area contributed by atoms with Gasteiger partial charge in [0.1, 0.15) is 11.4 Å². The van der Waals surface area contributed by atoms with Crippen LogP contribution in [0.5, 0.6) is 0 Å². The lowest BCUT2D eigenvalue weighted by Gasteiger charge is -2.30. The van der Waals surface area contributed by atoms with Gasteiger partial charge in [0.25, 0.3) is 0 Å². The van der Waals surface area contributed by atoms with E-state index in [0.717, 1.165) is 156 Å². The molecule has 3 aliphatic carbocycles. The van der Waals surface area contributed by atoms with E-state index in [0.29, 0.717) is 11.6 Å². The van der Waals surface area contributed by atoms with Crippen LogP contribution >= 0.6 is 0 Å². The van der Waals surface area contributed by atoms with E-state index in [4.69, 9.17) is 30.1 Å². The minimum Gasteiger partial charge on any atom is -0.231 e. The quantitative estimate of drug-likeness (QED) is 0.121. The molecule has 8 heteroatoms. The molecule has 0 radical (unpaired) electrons. The van der Waals surface area contributed by atoms with Crippen LogP contribution < -0.4 is 0 Å². The Morgan fingerprint density at radius 1 is 0.206 bits per heavy atom. The van der Waals surface area contributed by atoms with Crippen molar-refractivity contribution in [3.63, 3.8) is 0 Å². The lowest BCUT2D eigenvalue weighted by atomic mass is 9.70. The van der Waals surface area contributed by atoms with E-state index < -0.39 is 5.41 Å². The smallest absolute Gasteiger partial charge is 0.160 e. The van der Waals surface area contributed by atoms with Crippen molar-refractivity contribution in [2.45, 2.75) is 24.7 Å². The first-order valence-corrected chi connectivity index (χ1v) is 43.1. The zero-order valence-electron chi connectivity index (χ0n) is 69.1. The molecule has 0 fully saturated rings. The Hall–Kier alpha value is -16.4. The normalized spacial score (nSPS) is 12.8. The Balaban J connectivity index is 0.000000143. The van der Waals surface area contributed by atoms with Crippen LogP contribution in [0.15, 0.2) is 437 Å². The fraction of sp³-hybridized carbons (Fsp3) is 0.0339. The molecule has 0 saturated carbocycles. The van der Waals surface area contributed by atoms with Gasteiger partial charge in [-0.2, -0.15) is 10.2 Å². The van der Waals surface area contributed by atoms with Gasteiger partial charge in [0.15, 0.2) is 11.6 Å². The number of nitrogens with zero attached hydrogens (tertiary/aromatic N) is 8. The Morgan fingerprint density at radius 2 is 0.492 bits per heavy atom. The first kappa shape index (κ1) is 73.5. The Kier molecular flexibility index (Phi) is 17.3. The topological polar surface area (TPSA) is 86.2 Å². The summed E-state index contributed by atoms with van der Waals surface area (Å²) < 4.78 is 4.28. The average Bonchev–Trinajstić information content (AvgIpc) is 1.51. The predicted molar refractivity (Wildman–Crippen MR) is 516 cm³/mol. The van der Waals surface area contributed by atoms with Crippen molar-refractivity contribution in [1.82, 2.24) is 39.2 Å². The Labute approximate surface area is 730 Å². The second-order valence-corrected chi connectivity index (χ2v) is 33.6. The molecule has 590 valence electrons. The fourth-order valence-electron chi connectivity index (χ4n) is 20.2. The van der Waals surface area contributed by atoms with Crippen molar-refractivity contribution in [2.24, 2.45) is 0 Å². The van der Waals surface area contributed by atoms with Crippen LogP contribution in [0.25, 0.3) is 201 Å². The van der Waals surface area contributed by atoms with Gasteiger partial charge in [-0.1, -0.05) is 414 Å². The molecule has 3 aliphatic rings. The summed E-state index contributed by atoms with van der Waals surface area (Å²) in [5.41, 5.74) is 39.6. The first-order valence-electron chi connectivity index (χ1n) is 43.1. The summed E-state index contributed by atoms with van der Waals surface area (Å²) in [7, 11) is 0. The molecule has 0 atom stereocenters. The molecule has 6 heterocycles. The van der Waals surface area contributed by atoms with E-state index in [1.165, 1.54) is 66.8 Å². The lowest BCUT2D eigenvalue weighted by molar-refractivity contribution is 0.660. The molecule has 0 N–H and O–H groups in total. The zero-order chi connectivity index (χ0) is 83.6. The third kappa shape index (κ3) is 12.0. The summed E-state index contributed by atoms with van der Waals surface area (Å²) in [4.78, 5) is 21.2. The van der Waals surface area contributed by atoms with Gasteiger partial charge < -0.3 is 0 Å². The molecule has 126 heavy (non-hydrogen) atoms. The monoisotopic (exact) mass is 1610 g/mol. The largest absolute Gasteiger partial charge is 0.231 e. The third-order valence-electron chi connectivity index (χ3n) is 26.1. The molecular weight excluding hydrogens is 1530 g/mol. The molecule has 1 spiro atoms. The highest BCUT2D eigenvalue weighted by molar-refractivity contribution is 6.11. The van der Waals surface area contributed by atoms with Gasteiger partial charge in [-0.25, -0.2) is 29.0 Å². The van der Waals surface area contributed by atoms with E-state index in [9.17, 15) is 0 Å². The molecular formula is C118H78N8. The van der Waals surface area contributed by atoms with E-state index in [1.807, 2.05) is 6.07 Å². The number of pyridine rings is 2. The summed E-state index contributed by atoms with van der Waals surface area (Å²) in [6.45, 7) is 4.64. The van der Waals surface area contributed by atoms with E-state index in [2.05, 4.69) is 454 Å². The van der Waals surface area contributed by atoms with Crippen molar-refractivity contribution >= 4 is 32.6 Å². The number of hydrogen-bond acceptors (Lipinski definition) is 6. The number of aromatic nitrogens is 8. The highest BCUT2D eigenvalue weighted by Gasteiger charge is 2.52. The van der Waals surface area contributed by atoms with Gasteiger partial charge in [-0.15, -0.1) is 0 Å². The second-order valence-electron chi connectivity index (χ2n) is 33.6. The van der Waals surface area contributed by atoms with Crippen molar-refractivity contribution in [1.29, 1.82) is 0 Å². The third-order valence-corrected chi connectivity index (χ3v) is 26.1. The molecule has 16 aromatic carbocycles. The molecule has 0 amide bonds. The van der Waals surface area contributed by atoms with Gasteiger partial charge in [-0.3, -0.25) is 0 Å². The number of hydrogen-bond donors (Lipinski definition) is 0.